The van der Waals surface area contributed by atoms with E-state index in [2.05, 4.69) is 24.5 Å². The van der Waals surface area contributed by atoms with E-state index in [1.165, 1.54) is 6.26 Å². The van der Waals surface area contributed by atoms with Gasteiger partial charge < -0.3 is 10.6 Å². The molecule has 0 bridgehead atoms. The van der Waals surface area contributed by atoms with E-state index in [4.69, 9.17) is 0 Å². The Morgan fingerprint density at radius 2 is 1.71 bits per heavy atom. The molecule has 6 heteroatoms. The second kappa shape index (κ2) is 7.56. The van der Waals surface area contributed by atoms with E-state index in [9.17, 15) is 13.2 Å². The summed E-state index contributed by atoms with van der Waals surface area (Å²) in [5.74, 6) is 0.362. The SMILES string of the molecule is CC(C)C(C)NC(=O)CNCc1ccc(S(C)(=O)=O)cc1. The van der Waals surface area contributed by atoms with Crippen LogP contribution in [0, 0.1) is 5.92 Å². The van der Waals surface area contributed by atoms with Gasteiger partial charge in [-0.3, -0.25) is 4.79 Å². The summed E-state index contributed by atoms with van der Waals surface area (Å²) in [5, 5.41) is 5.96. The van der Waals surface area contributed by atoms with Gasteiger partial charge in [-0.05, 0) is 30.5 Å². The number of rotatable bonds is 7. The quantitative estimate of drug-likeness (QED) is 0.797. The van der Waals surface area contributed by atoms with E-state index in [0.29, 0.717) is 17.4 Å². The zero-order chi connectivity index (χ0) is 16.0. The van der Waals surface area contributed by atoms with Gasteiger partial charge >= 0.3 is 0 Å². The van der Waals surface area contributed by atoms with Crippen LogP contribution in [0.4, 0.5) is 0 Å². The number of hydrogen-bond acceptors (Lipinski definition) is 4. The van der Waals surface area contributed by atoms with Crippen molar-refractivity contribution in [3.05, 3.63) is 29.8 Å². The summed E-state index contributed by atoms with van der Waals surface area (Å²) < 4.78 is 22.7. The summed E-state index contributed by atoms with van der Waals surface area (Å²) in [6, 6.07) is 6.80. The van der Waals surface area contributed by atoms with E-state index >= 15 is 0 Å². The van der Waals surface area contributed by atoms with E-state index < -0.39 is 9.84 Å². The number of nitrogens with one attached hydrogen (secondary N) is 2. The fraction of sp³-hybridized carbons (Fsp3) is 0.533. The summed E-state index contributed by atoms with van der Waals surface area (Å²) in [5.41, 5.74) is 0.937. The Bertz CT molecular complexity index is 565. The molecule has 0 saturated carbocycles. The number of carbonyl (C=O) groups is 1. The van der Waals surface area contributed by atoms with Crippen LogP contribution in [-0.2, 0) is 21.2 Å². The third-order valence-electron chi connectivity index (χ3n) is 3.35. The van der Waals surface area contributed by atoms with Crippen LogP contribution >= 0.6 is 0 Å². The zero-order valence-corrected chi connectivity index (χ0v) is 13.8. The fourth-order valence-corrected chi connectivity index (χ4v) is 2.28. The van der Waals surface area contributed by atoms with Crippen molar-refractivity contribution in [2.45, 2.75) is 38.3 Å². The summed E-state index contributed by atoms with van der Waals surface area (Å²) >= 11 is 0. The first-order valence-electron chi connectivity index (χ1n) is 6.99. The van der Waals surface area contributed by atoms with Crippen LogP contribution in [0.3, 0.4) is 0 Å². The van der Waals surface area contributed by atoms with Gasteiger partial charge in [-0.15, -0.1) is 0 Å². The number of carbonyl (C=O) groups excluding carboxylic acids is 1. The molecule has 0 heterocycles. The molecule has 2 N–H and O–H groups in total. The average Bonchev–Trinajstić information content (AvgIpc) is 2.38. The first-order valence-corrected chi connectivity index (χ1v) is 8.88. The number of benzene rings is 1. The van der Waals surface area contributed by atoms with Gasteiger partial charge in [-0.25, -0.2) is 8.42 Å². The van der Waals surface area contributed by atoms with Crippen molar-refractivity contribution in [1.82, 2.24) is 10.6 Å². The highest BCUT2D eigenvalue weighted by molar-refractivity contribution is 7.90. The van der Waals surface area contributed by atoms with E-state index in [0.717, 1.165) is 5.56 Å². The minimum atomic E-state index is -3.16. The summed E-state index contributed by atoms with van der Waals surface area (Å²) in [7, 11) is -3.16. The first kappa shape index (κ1) is 17.7. The molecule has 0 aromatic heterocycles. The van der Waals surface area contributed by atoms with Gasteiger partial charge in [0.15, 0.2) is 9.84 Å². The number of hydrogen-bond donors (Lipinski definition) is 2. The Hall–Kier alpha value is -1.40. The van der Waals surface area contributed by atoms with Gasteiger partial charge in [0.05, 0.1) is 11.4 Å². The first-order chi connectivity index (χ1) is 9.70. The normalized spacial score (nSPS) is 13.2. The molecule has 0 fully saturated rings. The Morgan fingerprint density at radius 3 is 2.19 bits per heavy atom. The smallest absolute Gasteiger partial charge is 0.234 e. The molecule has 0 aliphatic heterocycles. The maximum Gasteiger partial charge on any atom is 0.234 e. The van der Waals surface area contributed by atoms with Crippen LogP contribution in [0.25, 0.3) is 0 Å². The molecule has 0 aliphatic carbocycles. The van der Waals surface area contributed by atoms with Crippen molar-refractivity contribution in [3.8, 4) is 0 Å². The molecule has 1 unspecified atom stereocenters. The molecule has 5 nitrogen and oxygen atoms in total. The van der Waals surface area contributed by atoms with Gasteiger partial charge in [-0.2, -0.15) is 0 Å². The molecule has 0 aliphatic rings. The highest BCUT2D eigenvalue weighted by atomic mass is 32.2. The average molecular weight is 312 g/mol. The summed E-state index contributed by atoms with van der Waals surface area (Å²) in [6.07, 6.45) is 1.18. The topological polar surface area (TPSA) is 75.3 Å². The maximum absolute atomic E-state index is 11.7. The largest absolute Gasteiger partial charge is 0.352 e. The van der Waals surface area contributed by atoms with Crippen LogP contribution in [0.5, 0.6) is 0 Å². The van der Waals surface area contributed by atoms with Gasteiger partial charge in [0, 0.05) is 18.8 Å². The Labute approximate surface area is 127 Å². The number of sulfone groups is 1. The monoisotopic (exact) mass is 312 g/mol. The third-order valence-corrected chi connectivity index (χ3v) is 4.48. The van der Waals surface area contributed by atoms with Gasteiger partial charge in [-0.1, -0.05) is 26.0 Å². The van der Waals surface area contributed by atoms with E-state index in [1.54, 1.807) is 24.3 Å². The van der Waals surface area contributed by atoms with Crippen molar-refractivity contribution >= 4 is 15.7 Å². The van der Waals surface area contributed by atoms with Gasteiger partial charge in [0.1, 0.15) is 0 Å². The Morgan fingerprint density at radius 1 is 1.14 bits per heavy atom. The molecular weight excluding hydrogens is 288 g/mol. The molecule has 1 aromatic rings. The standard InChI is InChI=1S/C15H24N2O3S/c1-11(2)12(3)17-15(18)10-16-9-13-5-7-14(8-6-13)21(4,19)20/h5-8,11-12,16H,9-10H2,1-4H3,(H,17,18). The van der Waals surface area contributed by atoms with Crippen LogP contribution in [0.1, 0.15) is 26.3 Å². The lowest BCUT2D eigenvalue weighted by atomic mass is 10.1. The van der Waals surface area contributed by atoms with Crippen molar-refractivity contribution in [2.75, 3.05) is 12.8 Å². The minimum Gasteiger partial charge on any atom is -0.352 e. The van der Waals surface area contributed by atoms with Crippen molar-refractivity contribution < 1.29 is 13.2 Å². The lowest BCUT2D eigenvalue weighted by Gasteiger charge is -2.17. The van der Waals surface area contributed by atoms with Crippen molar-refractivity contribution in [2.24, 2.45) is 5.92 Å². The highest BCUT2D eigenvalue weighted by Crippen LogP contribution is 2.10. The number of amides is 1. The fourth-order valence-electron chi connectivity index (χ4n) is 1.65. The molecule has 1 rings (SSSR count). The molecule has 21 heavy (non-hydrogen) atoms. The van der Waals surface area contributed by atoms with E-state index in [-0.39, 0.29) is 18.5 Å². The molecule has 0 radical (unpaired) electrons. The van der Waals surface area contributed by atoms with Crippen LogP contribution in [0.2, 0.25) is 0 Å². The molecule has 1 amide bonds. The lowest BCUT2D eigenvalue weighted by Crippen LogP contribution is -2.41. The summed E-state index contributed by atoms with van der Waals surface area (Å²) in [4.78, 5) is 12.0. The van der Waals surface area contributed by atoms with E-state index in [1.807, 2.05) is 6.92 Å². The molecule has 1 aromatic carbocycles. The van der Waals surface area contributed by atoms with Crippen LogP contribution in [0.15, 0.2) is 29.2 Å². The van der Waals surface area contributed by atoms with Gasteiger partial charge in [0.2, 0.25) is 5.91 Å². The molecule has 118 valence electrons. The van der Waals surface area contributed by atoms with Gasteiger partial charge in [0.25, 0.3) is 0 Å². The lowest BCUT2D eigenvalue weighted by molar-refractivity contribution is -0.121. The summed E-state index contributed by atoms with van der Waals surface area (Å²) in [6.45, 7) is 6.86. The highest BCUT2D eigenvalue weighted by Gasteiger charge is 2.10. The van der Waals surface area contributed by atoms with Crippen molar-refractivity contribution in [1.29, 1.82) is 0 Å². The predicted octanol–water partition coefficient (Wildman–Crippen LogP) is 1.34. The second-order valence-electron chi connectivity index (χ2n) is 5.62. The Balaban J connectivity index is 2.41. The second-order valence-corrected chi connectivity index (χ2v) is 7.64. The Kier molecular flexibility index (Phi) is 6.36. The molecule has 0 spiro atoms. The van der Waals surface area contributed by atoms with Crippen molar-refractivity contribution in [3.63, 3.8) is 0 Å². The molecule has 0 saturated heterocycles. The van der Waals surface area contributed by atoms with Crippen LogP contribution in [-0.4, -0.2) is 33.2 Å². The van der Waals surface area contributed by atoms with Crippen LogP contribution < -0.4 is 10.6 Å². The maximum atomic E-state index is 11.7. The predicted molar refractivity (Wildman–Crippen MR) is 83.7 cm³/mol. The minimum absolute atomic E-state index is 0.0380. The third kappa shape index (κ3) is 6.27. The molecular formula is C15H24N2O3S. The molecule has 1 atom stereocenters. The zero-order valence-electron chi connectivity index (χ0n) is 13.0.